The number of methoxy groups -OCH3 is 1. The Labute approximate surface area is 175 Å². The lowest BCUT2D eigenvalue weighted by Gasteiger charge is -2.17. The van der Waals surface area contributed by atoms with Crippen LogP contribution in [-0.4, -0.2) is 35.2 Å². The fraction of sp³-hybridized carbons (Fsp3) is 0.250. The molecule has 6 nitrogen and oxygen atoms in total. The molecular weight excluding hydrogens is 380 g/mol. The first-order chi connectivity index (χ1) is 14.5. The summed E-state index contributed by atoms with van der Waals surface area (Å²) in [6.45, 7) is 2.28. The van der Waals surface area contributed by atoms with Gasteiger partial charge >= 0.3 is 5.97 Å². The molecule has 0 atom stereocenters. The SMILES string of the molecule is COc1ccccc1-c1ccccc1Cc1c2c(n(CC(=O)O)c1C)CCNC2=O. The minimum Gasteiger partial charge on any atom is -0.496 e. The molecule has 0 bridgehead atoms. The summed E-state index contributed by atoms with van der Waals surface area (Å²) in [5.74, 6) is -0.263. The smallest absolute Gasteiger partial charge is 0.323 e. The maximum absolute atomic E-state index is 12.7. The lowest BCUT2D eigenvalue weighted by atomic mass is 9.92. The first kappa shape index (κ1) is 19.8. The fourth-order valence-electron chi connectivity index (χ4n) is 4.33. The molecule has 0 unspecified atom stereocenters. The fourth-order valence-corrected chi connectivity index (χ4v) is 4.33. The summed E-state index contributed by atoms with van der Waals surface area (Å²) < 4.78 is 7.33. The highest BCUT2D eigenvalue weighted by atomic mass is 16.5. The number of fused-ring (bicyclic) bond motifs is 1. The molecule has 1 aliphatic heterocycles. The van der Waals surface area contributed by atoms with E-state index in [1.54, 1.807) is 11.7 Å². The van der Waals surface area contributed by atoms with E-state index in [0.29, 0.717) is 24.9 Å². The summed E-state index contributed by atoms with van der Waals surface area (Å²) in [5.41, 5.74) is 6.21. The molecule has 0 radical (unpaired) electrons. The molecule has 3 aromatic rings. The molecule has 2 aromatic carbocycles. The summed E-state index contributed by atoms with van der Waals surface area (Å²) >= 11 is 0. The third-order valence-corrected chi connectivity index (χ3v) is 5.71. The molecule has 0 saturated heterocycles. The first-order valence-electron chi connectivity index (χ1n) is 9.93. The third kappa shape index (κ3) is 3.45. The van der Waals surface area contributed by atoms with Crippen LogP contribution in [0, 0.1) is 6.92 Å². The predicted molar refractivity (Wildman–Crippen MR) is 114 cm³/mol. The minimum atomic E-state index is -0.914. The van der Waals surface area contributed by atoms with Gasteiger partial charge in [0.25, 0.3) is 5.91 Å². The topological polar surface area (TPSA) is 80.6 Å². The van der Waals surface area contributed by atoms with Gasteiger partial charge in [0.15, 0.2) is 0 Å². The van der Waals surface area contributed by atoms with Crippen LogP contribution in [0.4, 0.5) is 0 Å². The van der Waals surface area contributed by atoms with Gasteiger partial charge in [-0.2, -0.15) is 0 Å². The monoisotopic (exact) mass is 404 g/mol. The van der Waals surface area contributed by atoms with Crippen LogP contribution >= 0.6 is 0 Å². The Hall–Kier alpha value is -3.54. The van der Waals surface area contributed by atoms with Crippen molar-refractivity contribution in [3.05, 3.63) is 76.6 Å². The van der Waals surface area contributed by atoms with Gasteiger partial charge in [0.2, 0.25) is 0 Å². The number of amides is 1. The molecule has 4 rings (SSSR count). The maximum Gasteiger partial charge on any atom is 0.323 e. The number of nitrogens with zero attached hydrogens (tertiary/aromatic N) is 1. The van der Waals surface area contributed by atoms with Crippen LogP contribution < -0.4 is 10.1 Å². The van der Waals surface area contributed by atoms with E-state index in [1.807, 2.05) is 55.5 Å². The second-order valence-corrected chi connectivity index (χ2v) is 7.41. The largest absolute Gasteiger partial charge is 0.496 e. The number of carboxylic acid groups (broad SMARTS) is 1. The van der Waals surface area contributed by atoms with Gasteiger partial charge in [0.05, 0.1) is 12.7 Å². The lowest BCUT2D eigenvalue weighted by molar-refractivity contribution is -0.137. The number of carbonyl (C=O) groups excluding carboxylic acids is 1. The number of benzene rings is 2. The van der Waals surface area contributed by atoms with E-state index in [0.717, 1.165) is 39.4 Å². The molecule has 2 heterocycles. The highest BCUT2D eigenvalue weighted by molar-refractivity contribution is 5.98. The average molecular weight is 404 g/mol. The quantitative estimate of drug-likeness (QED) is 0.660. The Kier molecular flexibility index (Phi) is 5.31. The zero-order chi connectivity index (χ0) is 21.3. The van der Waals surface area contributed by atoms with Gasteiger partial charge in [-0.1, -0.05) is 42.5 Å². The molecule has 1 aromatic heterocycles. The number of carbonyl (C=O) groups is 2. The van der Waals surface area contributed by atoms with Crippen LogP contribution in [0.1, 0.15) is 32.9 Å². The number of ether oxygens (including phenoxy) is 1. The van der Waals surface area contributed by atoms with Gasteiger partial charge in [0.1, 0.15) is 12.3 Å². The molecule has 1 amide bonds. The minimum absolute atomic E-state index is 0.131. The maximum atomic E-state index is 12.7. The summed E-state index contributed by atoms with van der Waals surface area (Å²) in [6.07, 6.45) is 1.16. The molecule has 6 heteroatoms. The van der Waals surface area contributed by atoms with Crippen LogP contribution in [-0.2, 0) is 24.2 Å². The number of rotatable bonds is 6. The number of hydrogen-bond acceptors (Lipinski definition) is 3. The summed E-state index contributed by atoms with van der Waals surface area (Å²) in [4.78, 5) is 24.1. The molecule has 30 heavy (non-hydrogen) atoms. The zero-order valence-corrected chi connectivity index (χ0v) is 17.1. The van der Waals surface area contributed by atoms with Crippen LogP contribution in [0.5, 0.6) is 5.75 Å². The van der Waals surface area contributed by atoms with Gasteiger partial charge in [-0.3, -0.25) is 9.59 Å². The van der Waals surface area contributed by atoms with Gasteiger partial charge in [0, 0.05) is 36.3 Å². The lowest BCUT2D eigenvalue weighted by Crippen LogP contribution is -2.33. The van der Waals surface area contributed by atoms with E-state index in [-0.39, 0.29) is 12.5 Å². The summed E-state index contributed by atoms with van der Waals surface area (Å²) in [6, 6.07) is 15.9. The normalized spacial score (nSPS) is 12.9. The van der Waals surface area contributed by atoms with Gasteiger partial charge < -0.3 is 19.7 Å². The van der Waals surface area contributed by atoms with E-state index in [4.69, 9.17) is 4.74 Å². The molecule has 0 spiro atoms. The Bertz CT molecular complexity index is 1130. The summed E-state index contributed by atoms with van der Waals surface area (Å²) in [5, 5.41) is 12.3. The highest BCUT2D eigenvalue weighted by Crippen LogP contribution is 2.35. The van der Waals surface area contributed by atoms with Crippen molar-refractivity contribution in [2.75, 3.05) is 13.7 Å². The van der Waals surface area contributed by atoms with Crippen molar-refractivity contribution in [3.8, 4) is 16.9 Å². The van der Waals surface area contributed by atoms with E-state index in [2.05, 4.69) is 5.32 Å². The summed E-state index contributed by atoms with van der Waals surface area (Å²) in [7, 11) is 1.65. The Morgan fingerprint density at radius 2 is 1.83 bits per heavy atom. The molecule has 0 aliphatic carbocycles. The second kappa shape index (κ2) is 8.06. The van der Waals surface area contributed by atoms with Crippen molar-refractivity contribution >= 4 is 11.9 Å². The number of hydrogen-bond donors (Lipinski definition) is 2. The van der Waals surface area contributed by atoms with Crippen LogP contribution in [0.3, 0.4) is 0 Å². The number of carboxylic acids is 1. The van der Waals surface area contributed by atoms with Crippen LogP contribution in [0.25, 0.3) is 11.1 Å². The van der Waals surface area contributed by atoms with Crippen molar-refractivity contribution in [2.24, 2.45) is 0 Å². The van der Waals surface area contributed by atoms with E-state index < -0.39 is 5.97 Å². The van der Waals surface area contributed by atoms with Crippen molar-refractivity contribution < 1.29 is 19.4 Å². The van der Waals surface area contributed by atoms with Gasteiger partial charge in [-0.25, -0.2) is 0 Å². The number of nitrogens with one attached hydrogen (secondary N) is 1. The Morgan fingerprint density at radius 1 is 1.13 bits per heavy atom. The third-order valence-electron chi connectivity index (χ3n) is 5.71. The van der Waals surface area contributed by atoms with Crippen molar-refractivity contribution in [3.63, 3.8) is 0 Å². The highest BCUT2D eigenvalue weighted by Gasteiger charge is 2.29. The zero-order valence-electron chi connectivity index (χ0n) is 17.1. The molecular formula is C24H24N2O4. The predicted octanol–water partition coefficient (Wildman–Crippen LogP) is 3.43. The van der Waals surface area contributed by atoms with Crippen molar-refractivity contribution in [2.45, 2.75) is 26.3 Å². The van der Waals surface area contributed by atoms with Gasteiger partial charge in [-0.15, -0.1) is 0 Å². The van der Waals surface area contributed by atoms with E-state index in [9.17, 15) is 14.7 Å². The number of aliphatic carboxylic acids is 1. The molecule has 2 N–H and O–H groups in total. The average Bonchev–Trinajstić information content (AvgIpc) is 3.00. The number of para-hydroxylation sites is 1. The second-order valence-electron chi connectivity index (χ2n) is 7.41. The van der Waals surface area contributed by atoms with E-state index >= 15 is 0 Å². The molecule has 0 saturated carbocycles. The first-order valence-corrected chi connectivity index (χ1v) is 9.93. The van der Waals surface area contributed by atoms with Crippen LogP contribution in [0.2, 0.25) is 0 Å². The van der Waals surface area contributed by atoms with Crippen LogP contribution in [0.15, 0.2) is 48.5 Å². The van der Waals surface area contributed by atoms with E-state index in [1.165, 1.54) is 0 Å². The van der Waals surface area contributed by atoms with Crippen molar-refractivity contribution in [1.29, 1.82) is 0 Å². The number of aromatic nitrogens is 1. The Morgan fingerprint density at radius 3 is 2.57 bits per heavy atom. The Balaban J connectivity index is 1.84. The van der Waals surface area contributed by atoms with Crippen molar-refractivity contribution in [1.82, 2.24) is 9.88 Å². The molecule has 1 aliphatic rings. The molecule has 0 fully saturated rings. The standard InChI is InChI=1S/C24H24N2O4/c1-15-19(23-20(11-12-25-24(23)29)26(15)14-22(27)28)13-16-7-3-4-8-17(16)18-9-5-6-10-21(18)30-2/h3-10H,11-14H2,1-2H3,(H,25,29)(H,27,28). The van der Waals surface area contributed by atoms with Gasteiger partial charge in [-0.05, 0) is 29.7 Å². The molecule has 154 valence electrons.